The molecule has 1 rings (SSSR count). The molecule has 0 heterocycles. The highest BCUT2D eigenvalue weighted by molar-refractivity contribution is 7.98. The summed E-state index contributed by atoms with van der Waals surface area (Å²) in [5.74, 6) is 0.338. The van der Waals surface area contributed by atoms with Crippen LogP contribution in [0.25, 0.3) is 0 Å². The molecule has 0 saturated heterocycles. The lowest BCUT2D eigenvalue weighted by atomic mass is 9.96. The number of aliphatic hydroxyl groups excluding tert-OH is 2. The van der Waals surface area contributed by atoms with Gasteiger partial charge < -0.3 is 10.2 Å². The summed E-state index contributed by atoms with van der Waals surface area (Å²) in [6.45, 7) is 4.37. The first-order valence-electron chi connectivity index (χ1n) is 5.53. The van der Waals surface area contributed by atoms with Crippen molar-refractivity contribution in [2.24, 2.45) is 0 Å². The summed E-state index contributed by atoms with van der Waals surface area (Å²) < 4.78 is 0. The van der Waals surface area contributed by atoms with Gasteiger partial charge in [-0.1, -0.05) is 26.0 Å². The van der Waals surface area contributed by atoms with Crippen molar-refractivity contribution in [3.05, 3.63) is 29.3 Å². The largest absolute Gasteiger partial charge is 0.396 e. The zero-order valence-electron chi connectivity index (χ0n) is 10.1. The second-order valence-electron chi connectivity index (χ2n) is 4.17. The number of rotatable bonds is 5. The van der Waals surface area contributed by atoms with E-state index in [4.69, 9.17) is 5.11 Å². The van der Waals surface area contributed by atoms with Crippen molar-refractivity contribution in [3.8, 4) is 0 Å². The van der Waals surface area contributed by atoms with Crippen LogP contribution in [-0.4, -0.2) is 29.7 Å². The van der Waals surface area contributed by atoms with Gasteiger partial charge in [0.15, 0.2) is 0 Å². The molecule has 0 spiro atoms. The quantitative estimate of drug-likeness (QED) is 0.777. The summed E-state index contributed by atoms with van der Waals surface area (Å²) in [6, 6.07) is 6.23. The van der Waals surface area contributed by atoms with Crippen LogP contribution >= 0.6 is 11.8 Å². The van der Waals surface area contributed by atoms with Gasteiger partial charge in [0.05, 0.1) is 0 Å². The lowest BCUT2D eigenvalue weighted by Gasteiger charge is -2.16. The number of thioether (sulfide) groups is 1. The third-order valence-electron chi connectivity index (χ3n) is 2.91. The fourth-order valence-electron chi connectivity index (χ4n) is 1.65. The monoisotopic (exact) mass is 240 g/mol. The van der Waals surface area contributed by atoms with Crippen LogP contribution in [0.2, 0.25) is 0 Å². The Morgan fingerprint density at radius 1 is 1.12 bits per heavy atom. The van der Waals surface area contributed by atoms with Crippen LogP contribution in [0.4, 0.5) is 0 Å². The van der Waals surface area contributed by atoms with Crippen molar-refractivity contribution in [2.45, 2.75) is 30.6 Å². The molecular formula is C13H20O2S. The highest BCUT2D eigenvalue weighted by Crippen LogP contribution is 2.30. The zero-order valence-corrected chi connectivity index (χ0v) is 10.9. The van der Waals surface area contributed by atoms with Crippen molar-refractivity contribution in [3.63, 3.8) is 0 Å². The molecular weight excluding hydrogens is 220 g/mol. The van der Waals surface area contributed by atoms with Gasteiger partial charge in [0.1, 0.15) is 0 Å². The topological polar surface area (TPSA) is 40.5 Å². The van der Waals surface area contributed by atoms with Gasteiger partial charge in [-0.15, -0.1) is 11.8 Å². The predicted octanol–water partition coefficient (Wildman–Crippen LogP) is 2.60. The molecule has 90 valence electrons. The Morgan fingerprint density at radius 3 is 2.25 bits per heavy atom. The van der Waals surface area contributed by atoms with Crippen LogP contribution < -0.4 is 0 Å². The number of aliphatic hydroxyl groups is 2. The normalized spacial score (nSPS) is 14.8. The van der Waals surface area contributed by atoms with E-state index in [-0.39, 0.29) is 25.0 Å². The molecule has 1 aromatic rings. The van der Waals surface area contributed by atoms with Gasteiger partial charge in [0.25, 0.3) is 0 Å². The van der Waals surface area contributed by atoms with E-state index in [1.54, 1.807) is 11.8 Å². The van der Waals surface area contributed by atoms with Gasteiger partial charge >= 0.3 is 0 Å². The Kier molecular flexibility index (Phi) is 5.32. The molecule has 0 aliphatic heterocycles. The van der Waals surface area contributed by atoms with Crippen molar-refractivity contribution in [2.75, 3.05) is 19.5 Å². The molecule has 2 nitrogen and oxygen atoms in total. The Balaban J connectivity index is 3.06. The average Bonchev–Trinajstić information content (AvgIpc) is 2.35. The lowest BCUT2D eigenvalue weighted by Crippen LogP contribution is -2.04. The molecule has 0 radical (unpaired) electrons. The fourth-order valence-corrected chi connectivity index (χ4v) is 2.40. The van der Waals surface area contributed by atoms with Gasteiger partial charge in [-0.05, 0) is 23.4 Å². The molecule has 0 aromatic heterocycles. The van der Waals surface area contributed by atoms with E-state index in [9.17, 15) is 5.11 Å². The van der Waals surface area contributed by atoms with E-state index in [0.717, 1.165) is 5.56 Å². The van der Waals surface area contributed by atoms with Crippen LogP contribution in [0.3, 0.4) is 0 Å². The number of benzene rings is 1. The molecule has 3 heteroatoms. The minimum absolute atomic E-state index is 0.168. The second kappa shape index (κ2) is 6.28. The van der Waals surface area contributed by atoms with E-state index < -0.39 is 0 Å². The molecule has 2 unspecified atom stereocenters. The number of hydrogen-bond donors (Lipinski definition) is 2. The first-order valence-corrected chi connectivity index (χ1v) is 6.76. The van der Waals surface area contributed by atoms with Crippen molar-refractivity contribution in [1.82, 2.24) is 0 Å². The van der Waals surface area contributed by atoms with Crippen molar-refractivity contribution < 1.29 is 10.2 Å². The van der Waals surface area contributed by atoms with Gasteiger partial charge in [0.2, 0.25) is 0 Å². The molecule has 0 bridgehead atoms. The summed E-state index contributed by atoms with van der Waals surface area (Å²) in [5.41, 5.74) is 2.34. The first kappa shape index (κ1) is 13.6. The van der Waals surface area contributed by atoms with E-state index in [2.05, 4.69) is 12.1 Å². The highest BCUT2D eigenvalue weighted by atomic mass is 32.2. The molecule has 16 heavy (non-hydrogen) atoms. The van der Waals surface area contributed by atoms with Crippen LogP contribution in [-0.2, 0) is 0 Å². The minimum atomic E-state index is 0.168. The maximum Gasteiger partial charge on any atom is 0.0497 e. The molecule has 0 amide bonds. The third kappa shape index (κ3) is 3.00. The van der Waals surface area contributed by atoms with E-state index in [1.165, 1.54) is 10.5 Å². The van der Waals surface area contributed by atoms with Gasteiger partial charge in [0, 0.05) is 29.9 Å². The molecule has 0 aliphatic carbocycles. The van der Waals surface area contributed by atoms with Crippen molar-refractivity contribution >= 4 is 11.8 Å². The molecule has 0 saturated carbocycles. The van der Waals surface area contributed by atoms with Crippen LogP contribution in [0, 0.1) is 0 Å². The average molecular weight is 240 g/mol. The third-order valence-corrected chi connectivity index (χ3v) is 3.70. The maximum absolute atomic E-state index is 9.18. The van der Waals surface area contributed by atoms with Crippen molar-refractivity contribution in [1.29, 1.82) is 0 Å². The van der Waals surface area contributed by atoms with Gasteiger partial charge in [-0.3, -0.25) is 0 Å². The lowest BCUT2D eigenvalue weighted by molar-refractivity contribution is 0.270. The molecule has 1 aromatic carbocycles. The summed E-state index contributed by atoms with van der Waals surface area (Å²) in [7, 11) is 0. The van der Waals surface area contributed by atoms with Gasteiger partial charge in [-0.25, -0.2) is 0 Å². The summed E-state index contributed by atoms with van der Waals surface area (Å²) in [6.07, 6.45) is 2.04. The Bertz CT molecular complexity index is 339. The first-order chi connectivity index (χ1) is 7.63. The Hall–Kier alpha value is -0.510. The second-order valence-corrected chi connectivity index (χ2v) is 5.02. The molecule has 0 aliphatic rings. The molecule has 2 atom stereocenters. The fraction of sp³-hybridized carbons (Fsp3) is 0.538. The molecule has 0 fully saturated rings. The standard InChI is InChI=1S/C13H20O2S/c1-9(7-14)11-4-5-12(10(2)8-15)13(6-11)16-3/h4-6,9-10,14-15H,7-8H2,1-3H3. The highest BCUT2D eigenvalue weighted by Gasteiger charge is 2.12. The smallest absolute Gasteiger partial charge is 0.0497 e. The Labute approximate surface area is 102 Å². The van der Waals surface area contributed by atoms with Crippen LogP contribution in [0.15, 0.2) is 23.1 Å². The van der Waals surface area contributed by atoms with E-state index in [1.807, 2.05) is 26.2 Å². The summed E-state index contributed by atoms with van der Waals surface area (Å²) in [4.78, 5) is 1.19. The Morgan fingerprint density at radius 2 is 1.75 bits per heavy atom. The SMILES string of the molecule is CSc1cc(C(C)CO)ccc1C(C)CO. The number of hydrogen-bond acceptors (Lipinski definition) is 3. The maximum atomic E-state index is 9.18. The van der Waals surface area contributed by atoms with E-state index >= 15 is 0 Å². The minimum Gasteiger partial charge on any atom is -0.396 e. The zero-order chi connectivity index (χ0) is 12.1. The summed E-state index contributed by atoms with van der Waals surface area (Å²) in [5, 5.41) is 18.3. The van der Waals surface area contributed by atoms with Gasteiger partial charge in [-0.2, -0.15) is 0 Å². The van der Waals surface area contributed by atoms with Crippen LogP contribution in [0.1, 0.15) is 36.8 Å². The molecule has 2 N–H and O–H groups in total. The van der Waals surface area contributed by atoms with E-state index in [0.29, 0.717) is 0 Å². The summed E-state index contributed by atoms with van der Waals surface area (Å²) >= 11 is 1.69. The predicted molar refractivity (Wildman–Crippen MR) is 69.2 cm³/mol. The van der Waals surface area contributed by atoms with Crippen LogP contribution in [0.5, 0.6) is 0 Å².